The van der Waals surface area contributed by atoms with Gasteiger partial charge in [-0.2, -0.15) is 0 Å². The first kappa shape index (κ1) is 20.6. The van der Waals surface area contributed by atoms with Crippen LogP contribution in [0.15, 0.2) is 29.6 Å². The third kappa shape index (κ3) is 4.64. The first-order valence-electron chi connectivity index (χ1n) is 9.97. The van der Waals surface area contributed by atoms with Gasteiger partial charge in [0.1, 0.15) is 0 Å². The summed E-state index contributed by atoms with van der Waals surface area (Å²) in [4.78, 5) is 26.0. The molecule has 2 aromatic rings. The fourth-order valence-electron chi connectivity index (χ4n) is 3.61. The standard InChI is InChI=1S/C23H29NO3S/c1-5-12-27-22(26)15-6-9-17(10-7-15)24-21(25)19-14-28-20-13-16(23(2,3)4)8-11-18(19)20/h6-7,9-10,14,16H,5,8,11-13H2,1-4H3,(H,24,25). The average molecular weight is 400 g/mol. The molecule has 150 valence electrons. The molecule has 1 unspecified atom stereocenters. The number of benzene rings is 1. The zero-order valence-corrected chi connectivity index (χ0v) is 17.9. The lowest BCUT2D eigenvalue weighted by atomic mass is 9.72. The fraction of sp³-hybridized carbons (Fsp3) is 0.478. The monoisotopic (exact) mass is 399 g/mol. The zero-order chi connectivity index (χ0) is 20.3. The van der Waals surface area contributed by atoms with E-state index in [4.69, 9.17) is 4.74 Å². The Morgan fingerprint density at radius 1 is 1.21 bits per heavy atom. The number of hydrogen-bond donors (Lipinski definition) is 1. The molecule has 1 aliphatic rings. The molecule has 5 heteroatoms. The number of anilines is 1. The molecule has 4 nitrogen and oxygen atoms in total. The molecule has 1 N–H and O–H groups in total. The van der Waals surface area contributed by atoms with Gasteiger partial charge in [-0.3, -0.25) is 4.79 Å². The Kier molecular flexibility index (Phi) is 6.23. The van der Waals surface area contributed by atoms with Crippen LogP contribution in [0, 0.1) is 11.3 Å². The number of carbonyl (C=O) groups is 2. The van der Waals surface area contributed by atoms with Crippen molar-refractivity contribution in [1.82, 2.24) is 0 Å². The predicted octanol–water partition coefficient (Wildman–Crippen LogP) is 5.72. The fourth-order valence-corrected chi connectivity index (χ4v) is 4.77. The van der Waals surface area contributed by atoms with Gasteiger partial charge in [-0.25, -0.2) is 4.79 Å². The van der Waals surface area contributed by atoms with Gasteiger partial charge in [0.2, 0.25) is 0 Å². The second kappa shape index (κ2) is 8.48. The molecule has 0 spiro atoms. The summed E-state index contributed by atoms with van der Waals surface area (Å²) < 4.78 is 5.13. The van der Waals surface area contributed by atoms with E-state index in [9.17, 15) is 9.59 Å². The van der Waals surface area contributed by atoms with Crippen LogP contribution in [-0.4, -0.2) is 18.5 Å². The summed E-state index contributed by atoms with van der Waals surface area (Å²) >= 11 is 1.70. The van der Waals surface area contributed by atoms with Gasteiger partial charge >= 0.3 is 5.97 Å². The maximum Gasteiger partial charge on any atom is 0.338 e. The van der Waals surface area contributed by atoms with Crippen molar-refractivity contribution in [3.8, 4) is 0 Å². The Balaban J connectivity index is 1.66. The number of carbonyl (C=O) groups excluding carboxylic acids is 2. The zero-order valence-electron chi connectivity index (χ0n) is 17.1. The smallest absolute Gasteiger partial charge is 0.338 e. The van der Waals surface area contributed by atoms with Gasteiger partial charge in [-0.15, -0.1) is 11.3 Å². The van der Waals surface area contributed by atoms with Gasteiger partial charge in [0.05, 0.1) is 17.7 Å². The van der Waals surface area contributed by atoms with E-state index in [-0.39, 0.29) is 11.9 Å². The highest BCUT2D eigenvalue weighted by Crippen LogP contribution is 2.40. The van der Waals surface area contributed by atoms with Gasteiger partial charge in [0.15, 0.2) is 0 Å². The molecule has 28 heavy (non-hydrogen) atoms. The number of fused-ring (bicyclic) bond motifs is 1. The highest BCUT2D eigenvalue weighted by Gasteiger charge is 2.31. The van der Waals surface area contributed by atoms with Crippen LogP contribution >= 0.6 is 11.3 Å². The summed E-state index contributed by atoms with van der Waals surface area (Å²) in [6, 6.07) is 6.86. The van der Waals surface area contributed by atoms with Gasteiger partial charge in [-0.05, 0) is 66.8 Å². The molecule has 1 aromatic heterocycles. The van der Waals surface area contributed by atoms with E-state index in [0.717, 1.165) is 31.2 Å². The van der Waals surface area contributed by atoms with Crippen LogP contribution in [0.3, 0.4) is 0 Å². The van der Waals surface area contributed by atoms with Crippen molar-refractivity contribution >= 4 is 28.9 Å². The lowest BCUT2D eigenvalue weighted by Crippen LogP contribution is -2.27. The second-order valence-electron chi connectivity index (χ2n) is 8.52. The third-order valence-electron chi connectivity index (χ3n) is 5.44. The van der Waals surface area contributed by atoms with Gasteiger partial charge in [0.25, 0.3) is 5.91 Å². The minimum absolute atomic E-state index is 0.0759. The topological polar surface area (TPSA) is 55.4 Å². The largest absolute Gasteiger partial charge is 0.462 e. The van der Waals surface area contributed by atoms with Gasteiger partial charge in [-0.1, -0.05) is 27.7 Å². The number of rotatable bonds is 5. The van der Waals surface area contributed by atoms with E-state index in [2.05, 4.69) is 26.1 Å². The predicted molar refractivity (Wildman–Crippen MR) is 114 cm³/mol. The van der Waals surface area contributed by atoms with Crippen molar-refractivity contribution in [3.63, 3.8) is 0 Å². The second-order valence-corrected chi connectivity index (χ2v) is 9.49. The highest BCUT2D eigenvalue weighted by molar-refractivity contribution is 7.10. The molecule has 0 saturated heterocycles. The highest BCUT2D eigenvalue weighted by atomic mass is 32.1. The summed E-state index contributed by atoms with van der Waals surface area (Å²) in [5.41, 5.74) is 3.47. The maximum absolute atomic E-state index is 12.8. The number of amides is 1. The Morgan fingerprint density at radius 3 is 2.57 bits per heavy atom. The first-order chi connectivity index (χ1) is 13.3. The van der Waals surface area contributed by atoms with Crippen LogP contribution in [-0.2, 0) is 17.6 Å². The molecule has 3 rings (SSSR count). The van der Waals surface area contributed by atoms with Crippen molar-refractivity contribution in [2.24, 2.45) is 11.3 Å². The quantitative estimate of drug-likeness (QED) is 0.654. The molecule has 1 aromatic carbocycles. The molecule has 1 heterocycles. The van der Waals surface area contributed by atoms with Crippen molar-refractivity contribution < 1.29 is 14.3 Å². The maximum atomic E-state index is 12.8. The molecular weight excluding hydrogens is 370 g/mol. The number of ether oxygens (including phenoxy) is 1. The van der Waals surface area contributed by atoms with Crippen molar-refractivity contribution in [1.29, 1.82) is 0 Å². The molecule has 1 atom stereocenters. The molecule has 0 aliphatic heterocycles. The van der Waals surface area contributed by atoms with Crippen LogP contribution in [0.25, 0.3) is 0 Å². The molecule has 0 bridgehead atoms. The number of hydrogen-bond acceptors (Lipinski definition) is 4. The van der Waals surface area contributed by atoms with Gasteiger partial charge < -0.3 is 10.1 Å². The summed E-state index contributed by atoms with van der Waals surface area (Å²) in [6.07, 6.45) is 3.94. The minimum atomic E-state index is -0.333. The molecular formula is C23H29NO3S. The van der Waals surface area contributed by atoms with E-state index >= 15 is 0 Å². The van der Waals surface area contributed by atoms with E-state index in [1.54, 1.807) is 35.6 Å². The van der Waals surface area contributed by atoms with E-state index in [1.807, 2.05) is 12.3 Å². The summed E-state index contributed by atoms with van der Waals surface area (Å²) in [5, 5.41) is 4.95. The van der Waals surface area contributed by atoms with Crippen LogP contribution in [0.4, 0.5) is 5.69 Å². The van der Waals surface area contributed by atoms with E-state index < -0.39 is 0 Å². The van der Waals surface area contributed by atoms with E-state index in [1.165, 1.54) is 10.4 Å². The lowest BCUT2D eigenvalue weighted by molar-refractivity contribution is 0.0505. The van der Waals surface area contributed by atoms with Crippen molar-refractivity contribution in [3.05, 3.63) is 51.2 Å². The summed E-state index contributed by atoms with van der Waals surface area (Å²) in [5.74, 6) is 0.252. The Hall–Kier alpha value is -2.14. The van der Waals surface area contributed by atoms with Crippen LogP contribution in [0.5, 0.6) is 0 Å². The van der Waals surface area contributed by atoms with Gasteiger partial charge in [0, 0.05) is 15.9 Å². The number of esters is 1. The minimum Gasteiger partial charge on any atom is -0.462 e. The molecule has 1 aliphatic carbocycles. The van der Waals surface area contributed by atoms with Crippen LogP contribution < -0.4 is 5.32 Å². The molecule has 0 fully saturated rings. The summed E-state index contributed by atoms with van der Waals surface area (Å²) in [7, 11) is 0. The lowest BCUT2D eigenvalue weighted by Gasteiger charge is -2.34. The molecule has 0 saturated carbocycles. The average Bonchev–Trinajstić information content (AvgIpc) is 3.09. The SMILES string of the molecule is CCCOC(=O)c1ccc(NC(=O)c2csc3c2CCC(C(C)(C)C)C3)cc1. The Bertz CT molecular complexity index is 846. The summed E-state index contributed by atoms with van der Waals surface area (Å²) in [6.45, 7) is 9.26. The van der Waals surface area contributed by atoms with Crippen LogP contribution in [0.2, 0.25) is 0 Å². The Labute approximate surface area is 171 Å². The van der Waals surface area contributed by atoms with Crippen molar-refractivity contribution in [2.75, 3.05) is 11.9 Å². The molecule has 1 amide bonds. The van der Waals surface area contributed by atoms with Crippen LogP contribution in [0.1, 0.15) is 71.7 Å². The van der Waals surface area contributed by atoms with Crippen molar-refractivity contribution in [2.45, 2.75) is 53.4 Å². The Morgan fingerprint density at radius 2 is 1.93 bits per heavy atom. The third-order valence-corrected chi connectivity index (χ3v) is 6.49. The number of nitrogens with one attached hydrogen (secondary N) is 1. The molecule has 0 radical (unpaired) electrons. The first-order valence-corrected chi connectivity index (χ1v) is 10.8. The van der Waals surface area contributed by atoms with E-state index in [0.29, 0.717) is 29.2 Å². The normalized spacial score (nSPS) is 16.4. The number of thiophene rings is 1.